The number of thiazole rings is 1. The van der Waals surface area contributed by atoms with Crippen LogP contribution in [0.1, 0.15) is 35.9 Å². The maximum atomic E-state index is 13.9. The second kappa shape index (κ2) is 7.20. The van der Waals surface area contributed by atoms with E-state index in [-0.39, 0.29) is 5.92 Å². The van der Waals surface area contributed by atoms with Crippen LogP contribution >= 0.6 is 11.3 Å². The zero-order valence-electron chi connectivity index (χ0n) is 14.3. The number of hydrogen-bond donors (Lipinski definition) is 0. The summed E-state index contributed by atoms with van der Waals surface area (Å²) in [5.41, 5.74) is 3.00. The summed E-state index contributed by atoms with van der Waals surface area (Å²) in [7, 11) is 0. The first-order valence-corrected chi connectivity index (χ1v) is 9.39. The van der Waals surface area contributed by atoms with Crippen LogP contribution in [0.2, 0.25) is 0 Å². The van der Waals surface area contributed by atoms with Crippen molar-refractivity contribution in [1.82, 2.24) is 20.1 Å². The van der Waals surface area contributed by atoms with Crippen LogP contribution in [0.15, 0.2) is 28.1 Å². The molecular formula is C18H18F2N4OS. The third-order valence-electron chi connectivity index (χ3n) is 4.66. The van der Waals surface area contributed by atoms with Crippen molar-refractivity contribution in [1.29, 1.82) is 0 Å². The van der Waals surface area contributed by atoms with E-state index in [0.29, 0.717) is 30.4 Å². The van der Waals surface area contributed by atoms with Gasteiger partial charge in [-0.3, -0.25) is 4.90 Å². The lowest BCUT2D eigenvalue weighted by Gasteiger charge is -2.31. The first-order chi connectivity index (χ1) is 12.6. The van der Waals surface area contributed by atoms with Crippen molar-refractivity contribution < 1.29 is 13.2 Å². The fourth-order valence-electron chi connectivity index (χ4n) is 3.31. The summed E-state index contributed by atoms with van der Waals surface area (Å²) in [5, 5.41) is 8.37. The van der Waals surface area contributed by atoms with E-state index in [4.69, 9.17) is 4.42 Å². The summed E-state index contributed by atoms with van der Waals surface area (Å²) in [5.74, 6) is -0.395. The monoisotopic (exact) mass is 376 g/mol. The van der Waals surface area contributed by atoms with Crippen molar-refractivity contribution in [3.05, 3.63) is 52.5 Å². The van der Waals surface area contributed by atoms with E-state index in [9.17, 15) is 8.78 Å². The molecule has 1 fully saturated rings. The van der Waals surface area contributed by atoms with Gasteiger partial charge in [0.15, 0.2) is 11.6 Å². The number of hydrogen-bond acceptors (Lipinski definition) is 6. The zero-order valence-corrected chi connectivity index (χ0v) is 15.1. The van der Waals surface area contributed by atoms with E-state index in [2.05, 4.69) is 20.1 Å². The van der Waals surface area contributed by atoms with Crippen molar-refractivity contribution >= 4 is 11.3 Å². The Morgan fingerprint density at radius 3 is 3.00 bits per heavy atom. The van der Waals surface area contributed by atoms with Gasteiger partial charge in [-0.15, -0.1) is 21.5 Å². The van der Waals surface area contributed by atoms with E-state index < -0.39 is 11.6 Å². The first-order valence-electron chi connectivity index (χ1n) is 8.51. The molecule has 3 aromatic rings. The normalized spacial score (nSPS) is 18.3. The molecule has 26 heavy (non-hydrogen) atoms. The molecule has 3 heterocycles. The Morgan fingerprint density at radius 1 is 1.31 bits per heavy atom. The summed E-state index contributed by atoms with van der Waals surface area (Å²) in [6, 6.07) is 4.30. The molecule has 0 saturated carbocycles. The Morgan fingerprint density at radius 2 is 2.19 bits per heavy atom. The summed E-state index contributed by atoms with van der Waals surface area (Å²) in [4.78, 5) is 7.20. The van der Waals surface area contributed by atoms with Gasteiger partial charge in [0, 0.05) is 18.7 Å². The number of rotatable bonds is 4. The van der Waals surface area contributed by atoms with Gasteiger partial charge in [0.25, 0.3) is 5.89 Å². The van der Waals surface area contributed by atoms with Crippen molar-refractivity contribution in [3.8, 4) is 10.8 Å². The van der Waals surface area contributed by atoms with Crippen LogP contribution in [-0.4, -0.2) is 33.2 Å². The predicted octanol–water partition coefficient (Wildman–Crippen LogP) is 4.16. The topological polar surface area (TPSA) is 55.1 Å². The third-order valence-corrected chi connectivity index (χ3v) is 5.58. The van der Waals surface area contributed by atoms with Crippen LogP contribution < -0.4 is 0 Å². The minimum atomic E-state index is -0.808. The highest BCUT2D eigenvalue weighted by atomic mass is 32.1. The zero-order chi connectivity index (χ0) is 18.1. The molecule has 1 aliphatic rings. The van der Waals surface area contributed by atoms with Crippen LogP contribution in [0.3, 0.4) is 0 Å². The molecule has 0 amide bonds. The lowest BCUT2D eigenvalue weighted by atomic mass is 9.97. The maximum Gasteiger partial charge on any atom is 0.259 e. The molecule has 8 heteroatoms. The molecule has 1 atom stereocenters. The molecular weight excluding hydrogens is 358 g/mol. The average molecular weight is 376 g/mol. The minimum Gasteiger partial charge on any atom is -0.419 e. The molecule has 0 aliphatic carbocycles. The Labute approximate surface area is 153 Å². The van der Waals surface area contributed by atoms with Gasteiger partial charge in [0.05, 0.1) is 17.1 Å². The van der Waals surface area contributed by atoms with E-state index >= 15 is 0 Å². The molecule has 0 bridgehead atoms. The van der Waals surface area contributed by atoms with Crippen LogP contribution in [0.5, 0.6) is 0 Å². The lowest BCUT2D eigenvalue weighted by Crippen LogP contribution is -2.34. The van der Waals surface area contributed by atoms with E-state index in [1.165, 1.54) is 17.4 Å². The molecule has 0 N–H and O–H groups in total. The smallest absolute Gasteiger partial charge is 0.259 e. The van der Waals surface area contributed by atoms with Crippen LogP contribution in [0, 0.1) is 18.6 Å². The molecule has 1 aliphatic heterocycles. The Kier molecular flexibility index (Phi) is 4.78. The van der Waals surface area contributed by atoms with Crippen molar-refractivity contribution in [2.24, 2.45) is 0 Å². The van der Waals surface area contributed by atoms with E-state index in [1.807, 2.05) is 6.92 Å². The summed E-state index contributed by atoms with van der Waals surface area (Å²) >= 11 is 1.47. The molecule has 2 aromatic heterocycles. The van der Waals surface area contributed by atoms with Gasteiger partial charge in [-0.05, 0) is 32.4 Å². The third kappa shape index (κ3) is 3.39. The van der Waals surface area contributed by atoms with Crippen LogP contribution in [0.4, 0.5) is 8.78 Å². The van der Waals surface area contributed by atoms with E-state index in [0.717, 1.165) is 36.0 Å². The molecule has 4 rings (SSSR count). The van der Waals surface area contributed by atoms with Crippen LogP contribution in [0.25, 0.3) is 10.8 Å². The fourth-order valence-corrected chi connectivity index (χ4v) is 4.03. The number of halogens is 2. The highest BCUT2D eigenvalue weighted by molar-refractivity contribution is 7.13. The largest absolute Gasteiger partial charge is 0.419 e. The SMILES string of the molecule is Cc1ncsc1-c1nnc([C@H]2CCCN(Cc3cccc(F)c3F)C2)o1. The molecule has 5 nitrogen and oxygen atoms in total. The number of benzene rings is 1. The summed E-state index contributed by atoms with van der Waals surface area (Å²) < 4.78 is 33.2. The standard InChI is InChI=1S/C18H18F2N4OS/c1-11-16(26-10-21-11)18-23-22-17(25-18)13-5-3-7-24(9-13)8-12-4-2-6-14(19)15(12)20/h2,4,6,10,13H,3,5,7-9H2,1H3/t13-/m0/s1. The summed E-state index contributed by atoms with van der Waals surface area (Å²) in [6.45, 7) is 3.79. The average Bonchev–Trinajstić information content (AvgIpc) is 3.28. The minimum absolute atomic E-state index is 0.0925. The molecule has 136 valence electrons. The molecule has 0 spiro atoms. The number of likely N-dealkylation sites (tertiary alicyclic amines) is 1. The highest BCUT2D eigenvalue weighted by Crippen LogP contribution is 2.31. The van der Waals surface area contributed by atoms with Crippen molar-refractivity contribution in [2.45, 2.75) is 32.2 Å². The van der Waals surface area contributed by atoms with Gasteiger partial charge < -0.3 is 4.42 Å². The second-order valence-corrected chi connectivity index (χ2v) is 7.35. The number of piperidine rings is 1. The Bertz CT molecular complexity index is 910. The van der Waals surface area contributed by atoms with Gasteiger partial charge in [0.2, 0.25) is 5.89 Å². The van der Waals surface area contributed by atoms with Gasteiger partial charge in [-0.25, -0.2) is 13.8 Å². The molecule has 0 unspecified atom stereocenters. The van der Waals surface area contributed by atoms with Crippen LogP contribution in [-0.2, 0) is 6.54 Å². The van der Waals surface area contributed by atoms with Crippen molar-refractivity contribution in [2.75, 3.05) is 13.1 Å². The first kappa shape index (κ1) is 17.2. The van der Waals surface area contributed by atoms with Gasteiger partial charge in [0.1, 0.15) is 4.88 Å². The quantitative estimate of drug-likeness (QED) is 0.684. The van der Waals surface area contributed by atoms with Gasteiger partial charge in [-0.2, -0.15) is 0 Å². The number of nitrogens with zero attached hydrogens (tertiary/aromatic N) is 4. The molecule has 1 saturated heterocycles. The highest BCUT2D eigenvalue weighted by Gasteiger charge is 2.27. The predicted molar refractivity (Wildman–Crippen MR) is 93.8 cm³/mol. The van der Waals surface area contributed by atoms with Gasteiger partial charge in [-0.1, -0.05) is 12.1 Å². The van der Waals surface area contributed by atoms with Crippen molar-refractivity contribution in [3.63, 3.8) is 0 Å². The Balaban J connectivity index is 1.48. The van der Waals surface area contributed by atoms with Gasteiger partial charge >= 0.3 is 0 Å². The van der Waals surface area contributed by atoms with E-state index in [1.54, 1.807) is 11.6 Å². The second-order valence-electron chi connectivity index (χ2n) is 6.50. The maximum absolute atomic E-state index is 13.9. The molecule has 0 radical (unpaired) electrons. The molecule has 1 aromatic carbocycles. The number of aryl methyl sites for hydroxylation is 1. The lowest BCUT2D eigenvalue weighted by molar-refractivity contribution is 0.184. The Hall–Kier alpha value is -2.19. The number of aromatic nitrogens is 3. The summed E-state index contributed by atoms with van der Waals surface area (Å²) in [6.07, 6.45) is 1.88. The fraction of sp³-hybridized carbons (Fsp3) is 0.389.